The summed E-state index contributed by atoms with van der Waals surface area (Å²) >= 11 is 0. The molecule has 0 spiro atoms. The van der Waals surface area contributed by atoms with Crippen molar-refractivity contribution in [1.29, 1.82) is 5.26 Å². The Kier molecular flexibility index (Phi) is 4.57. The Hall–Kier alpha value is -2.81. The van der Waals surface area contributed by atoms with Gasteiger partial charge in [-0.15, -0.1) is 0 Å². The number of hydrogen-bond acceptors (Lipinski definition) is 5. The molecule has 2 rings (SSSR count). The summed E-state index contributed by atoms with van der Waals surface area (Å²) in [5.41, 5.74) is 0.620. The van der Waals surface area contributed by atoms with Crippen LogP contribution in [-0.2, 0) is 4.74 Å². The van der Waals surface area contributed by atoms with Gasteiger partial charge in [0.1, 0.15) is 17.3 Å². The smallest absolute Gasteiger partial charge is 0.269 e. The zero-order valence-corrected chi connectivity index (χ0v) is 11.5. The number of allylic oxidation sites excluding steroid dienone is 3. The summed E-state index contributed by atoms with van der Waals surface area (Å²) in [5, 5.41) is 19.6. The minimum absolute atomic E-state index is 0.0154. The lowest BCUT2D eigenvalue weighted by Crippen LogP contribution is -2.06. The zero-order chi connectivity index (χ0) is 15.2. The second-order valence-electron chi connectivity index (χ2n) is 4.35. The molecule has 0 atom stereocenters. The number of nitro benzene ring substituents is 1. The van der Waals surface area contributed by atoms with Crippen LogP contribution in [0.15, 0.2) is 47.4 Å². The summed E-state index contributed by atoms with van der Waals surface area (Å²) in [6.07, 6.45) is 2.86. The topological polar surface area (TPSA) is 85.4 Å². The molecule has 0 unspecified atom stereocenters. The molecule has 21 heavy (non-hydrogen) atoms. The lowest BCUT2D eigenvalue weighted by Gasteiger charge is -2.17. The number of hydrogen-bond donors (Lipinski definition) is 0. The molecule has 0 aliphatic heterocycles. The number of benzene rings is 1. The Morgan fingerprint density at radius 3 is 2.62 bits per heavy atom. The van der Waals surface area contributed by atoms with Gasteiger partial charge in [0, 0.05) is 24.6 Å². The molecule has 6 heteroatoms. The van der Waals surface area contributed by atoms with Gasteiger partial charge in [0.2, 0.25) is 0 Å². The summed E-state index contributed by atoms with van der Waals surface area (Å²) in [5.74, 6) is 1.72. The summed E-state index contributed by atoms with van der Waals surface area (Å²) in [6.45, 7) is 2.32. The summed E-state index contributed by atoms with van der Waals surface area (Å²) in [7, 11) is 0. The van der Waals surface area contributed by atoms with Crippen molar-refractivity contribution in [1.82, 2.24) is 0 Å². The van der Waals surface area contributed by atoms with Crippen LogP contribution >= 0.6 is 0 Å². The first kappa shape index (κ1) is 14.6. The van der Waals surface area contributed by atoms with Gasteiger partial charge in [0.25, 0.3) is 5.69 Å². The minimum atomic E-state index is -0.460. The molecule has 0 bridgehead atoms. The average Bonchev–Trinajstić information content (AvgIpc) is 2.48. The highest BCUT2D eigenvalue weighted by molar-refractivity contribution is 5.39. The molecule has 1 aromatic rings. The highest BCUT2D eigenvalue weighted by atomic mass is 16.6. The first-order valence-corrected chi connectivity index (χ1v) is 6.53. The largest absolute Gasteiger partial charge is 0.493 e. The lowest BCUT2D eigenvalue weighted by atomic mass is 10.0. The van der Waals surface area contributed by atoms with Crippen LogP contribution in [0.1, 0.15) is 19.8 Å². The van der Waals surface area contributed by atoms with E-state index in [4.69, 9.17) is 14.7 Å². The maximum Gasteiger partial charge on any atom is 0.269 e. The molecule has 0 saturated heterocycles. The van der Waals surface area contributed by atoms with E-state index < -0.39 is 4.92 Å². The maximum absolute atomic E-state index is 10.6. The van der Waals surface area contributed by atoms with E-state index in [1.54, 1.807) is 18.2 Å². The van der Waals surface area contributed by atoms with Gasteiger partial charge < -0.3 is 9.47 Å². The molecule has 0 heterocycles. The van der Waals surface area contributed by atoms with Crippen LogP contribution < -0.4 is 4.74 Å². The van der Waals surface area contributed by atoms with E-state index in [0.717, 1.165) is 0 Å². The van der Waals surface area contributed by atoms with Gasteiger partial charge in [-0.3, -0.25) is 10.1 Å². The Balaban J connectivity index is 2.14. The number of nitriles is 1. The van der Waals surface area contributed by atoms with Crippen LogP contribution in [0.3, 0.4) is 0 Å². The van der Waals surface area contributed by atoms with Gasteiger partial charge in [-0.25, -0.2) is 0 Å². The van der Waals surface area contributed by atoms with Crippen LogP contribution in [0.25, 0.3) is 0 Å². The van der Waals surface area contributed by atoms with Gasteiger partial charge in [-0.1, -0.05) is 0 Å². The van der Waals surface area contributed by atoms with Crippen molar-refractivity contribution in [2.75, 3.05) is 6.61 Å². The van der Waals surface area contributed by atoms with Gasteiger partial charge in [0.15, 0.2) is 0 Å². The van der Waals surface area contributed by atoms with Gasteiger partial charge in [-0.2, -0.15) is 5.26 Å². The van der Waals surface area contributed by atoms with Gasteiger partial charge in [0.05, 0.1) is 23.2 Å². The van der Waals surface area contributed by atoms with E-state index in [0.29, 0.717) is 42.3 Å². The van der Waals surface area contributed by atoms with E-state index in [9.17, 15) is 10.1 Å². The number of nitrogens with zero attached hydrogens (tertiary/aromatic N) is 2. The Morgan fingerprint density at radius 1 is 1.33 bits per heavy atom. The Morgan fingerprint density at radius 2 is 2.05 bits per heavy atom. The molecule has 1 aliphatic rings. The molecule has 0 saturated carbocycles. The maximum atomic E-state index is 10.6. The minimum Gasteiger partial charge on any atom is -0.493 e. The Labute approximate surface area is 122 Å². The van der Waals surface area contributed by atoms with Crippen molar-refractivity contribution in [2.24, 2.45) is 0 Å². The van der Waals surface area contributed by atoms with Crippen LogP contribution in [0.2, 0.25) is 0 Å². The molecular weight excluding hydrogens is 272 g/mol. The molecule has 0 N–H and O–H groups in total. The van der Waals surface area contributed by atoms with Crippen molar-refractivity contribution in [3.8, 4) is 11.8 Å². The first-order valence-electron chi connectivity index (χ1n) is 6.53. The molecule has 0 fully saturated rings. The van der Waals surface area contributed by atoms with Crippen molar-refractivity contribution in [3.05, 3.63) is 57.5 Å². The third-order valence-corrected chi connectivity index (χ3v) is 2.94. The van der Waals surface area contributed by atoms with Crippen LogP contribution in [-0.4, -0.2) is 11.5 Å². The van der Waals surface area contributed by atoms with E-state index in [2.05, 4.69) is 6.07 Å². The predicted molar refractivity (Wildman–Crippen MR) is 75.3 cm³/mol. The summed E-state index contributed by atoms with van der Waals surface area (Å²) < 4.78 is 11.1. The lowest BCUT2D eigenvalue weighted by molar-refractivity contribution is -0.384. The quantitative estimate of drug-likeness (QED) is 0.611. The number of ether oxygens (including phenoxy) is 2. The van der Waals surface area contributed by atoms with E-state index in [1.807, 2.05) is 6.92 Å². The second kappa shape index (κ2) is 6.57. The van der Waals surface area contributed by atoms with Gasteiger partial charge >= 0.3 is 0 Å². The third-order valence-electron chi connectivity index (χ3n) is 2.94. The van der Waals surface area contributed by atoms with E-state index in [1.165, 1.54) is 12.1 Å². The van der Waals surface area contributed by atoms with Crippen LogP contribution in [0.5, 0.6) is 5.75 Å². The van der Waals surface area contributed by atoms with Crippen molar-refractivity contribution in [2.45, 2.75) is 19.8 Å². The molecule has 0 amide bonds. The van der Waals surface area contributed by atoms with Crippen LogP contribution in [0.4, 0.5) is 5.69 Å². The molecule has 108 valence electrons. The fourth-order valence-corrected chi connectivity index (χ4v) is 1.94. The van der Waals surface area contributed by atoms with Crippen molar-refractivity contribution < 1.29 is 14.4 Å². The van der Waals surface area contributed by atoms with Gasteiger partial charge in [-0.05, 0) is 25.5 Å². The molecule has 0 radical (unpaired) electrons. The fourth-order valence-electron chi connectivity index (χ4n) is 1.94. The molecule has 1 aliphatic carbocycles. The number of rotatable bonds is 5. The highest BCUT2D eigenvalue weighted by Gasteiger charge is 2.16. The summed E-state index contributed by atoms with van der Waals surface area (Å²) in [6, 6.07) is 7.99. The van der Waals surface area contributed by atoms with Crippen molar-refractivity contribution >= 4 is 5.69 Å². The fraction of sp³-hybridized carbons (Fsp3) is 0.267. The monoisotopic (exact) mass is 286 g/mol. The first-order chi connectivity index (χ1) is 10.1. The molecule has 0 aromatic heterocycles. The number of nitro groups is 1. The highest BCUT2D eigenvalue weighted by Crippen LogP contribution is 2.27. The second-order valence-corrected chi connectivity index (χ2v) is 4.35. The average molecular weight is 286 g/mol. The Bertz CT molecular complexity index is 639. The predicted octanol–water partition coefficient (Wildman–Crippen LogP) is 3.47. The van der Waals surface area contributed by atoms with E-state index >= 15 is 0 Å². The third kappa shape index (κ3) is 3.60. The number of non-ortho nitro benzene ring substituents is 1. The molecule has 6 nitrogen and oxygen atoms in total. The SMILES string of the molecule is CCOC1=C(C#N)CCC(Oc2ccc([N+](=O)[O-])cc2)=C1. The normalized spacial score (nSPS) is 14.2. The standard InChI is InChI=1S/C15H14N2O4/c1-2-20-15-9-14(6-3-11(15)10-16)21-13-7-4-12(5-8-13)17(18)19/h4-5,7-9H,2-3,6H2,1H3. The molecular formula is C15H14N2O4. The zero-order valence-electron chi connectivity index (χ0n) is 11.5. The van der Waals surface area contributed by atoms with E-state index in [-0.39, 0.29) is 5.69 Å². The summed E-state index contributed by atoms with van der Waals surface area (Å²) in [4.78, 5) is 10.1. The van der Waals surface area contributed by atoms with Crippen LogP contribution in [0, 0.1) is 21.4 Å². The van der Waals surface area contributed by atoms with Crippen molar-refractivity contribution in [3.63, 3.8) is 0 Å². The molecule has 1 aromatic carbocycles.